The maximum Gasteiger partial charge on any atom is 0.308 e. The Morgan fingerprint density at radius 1 is 1.20 bits per heavy atom. The standard InChI is InChI=1S/C16H19NO3/c18-14-9-8-13(16(19)20)15(12-4-2-1-3-5-12)17(14)10-11-6-7-11/h1-5,11,13,15H,6-10H2,(H,19,20)/t13-,15+/m1/s1. The fourth-order valence-corrected chi connectivity index (χ4v) is 3.07. The Hall–Kier alpha value is -1.84. The number of hydrogen-bond donors (Lipinski definition) is 1. The van der Waals surface area contributed by atoms with Crippen LogP contribution in [0, 0.1) is 11.8 Å². The van der Waals surface area contributed by atoms with Gasteiger partial charge in [-0.05, 0) is 30.7 Å². The molecule has 0 spiro atoms. The minimum atomic E-state index is -0.799. The van der Waals surface area contributed by atoms with Crippen molar-refractivity contribution in [3.8, 4) is 0 Å². The molecule has 0 radical (unpaired) electrons. The largest absolute Gasteiger partial charge is 0.481 e. The summed E-state index contributed by atoms with van der Waals surface area (Å²) in [5.41, 5.74) is 0.939. The van der Waals surface area contributed by atoms with Crippen molar-refractivity contribution in [1.29, 1.82) is 0 Å². The van der Waals surface area contributed by atoms with Crippen molar-refractivity contribution in [1.82, 2.24) is 4.90 Å². The van der Waals surface area contributed by atoms with Gasteiger partial charge in [-0.1, -0.05) is 30.3 Å². The molecule has 1 heterocycles. The summed E-state index contributed by atoms with van der Waals surface area (Å²) in [4.78, 5) is 25.6. The van der Waals surface area contributed by atoms with Gasteiger partial charge in [0.15, 0.2) is 0 Å². The molecule has 1 saturated heterocycles. The molecule has 4 heteroatoms. The van der Waals surface area contributed by atoms with Crippen LogP contribution in [0.3, 0.4) is 0 Å². The third kappa shape index (κ3) is 2.55. The Labute approximate surface area is 118 Å². The summed E-state index contributed by atoms with van der Waals surface area (Å²) in [5.74, 6) is -0.623. The topological polar surface area (TPSA) is 57.6 Å². The molecule has 1 aliphatic heterocycles. The fourth-order valence-electron chi connectivity index (χ4n) is 3.07. The monoisotopic (exact) mass is 273 g/mol. The van der Waals surface area contributed by atoms with Crippen molar-refractivity contribution in [2.75, 3.05) is 6.54 Å². The van der Waals surface area contributed by atoms with E-state index in [1.165, 1.54) is 0 Å². The molecular formula is C16H19NO3. The minimum Gasteiger partial charge on any atom is -0.481 e. The number of carboxylic acid groups (broad SMARTS) is 1. The number of hydrogen-bond acceptors (Lipinski definition) is 2. The Balaban J connectivity index is 1.94. The molecule has 1 aromatic carbocycles. The van der Waals surface area contributed by atoms with Crippen LogP contribution in [0.5, 0.6) is 0 Å². The van der Waals surface area contributed by atoms with Crippen LogP contribution in [-0.2, 0) is 9.59 Å². The first-order chi connectivity index (χ1) is 9.66. The van der Waals surface area contributed by atoms with Gasteiger partial charge < -0.3 is 10.0 Å². The lowest BCUT2D eigenvalue weighted by Crippen LogP contribution is -2.46. The van der Waals surface area contributed by atoms with Gasteiger partial charge in [0.05, 0.1) is 12.0 Å². The van der Waals surface area contributed by atoms with Crippen molar-refractivity contribution < 1.29 is 14.7 Å². The first-order valence-corrected chi connectivity index (χ1v) is 7.24. The second-order valence-electron chi connectivity index (χ2n) is 5.83. The molecule has 1 aliphatic carbocycles. The van der Waals surface area contributed by atoms with Crippen LogP contribution < -0.4 is 0 Å². The molecule has 0 unspecified atom stereocenters. The first-order valence-electron chi connectivity index (χ1n) is 7.24. The molecule has 20 heavy (non-hydrogen) atoms. The van der Waals surface area contributed by atoms with E-state index in [0.717, 1.165) is 18.4 Å². The number of carbonyl (C=O) groups is 2. The maximum atomic E-state index is 12.2. The zero-order valence-corrected chi connectivity index (χ0v) is 11.4. The molecule has 0 bridgehead atoms. The Morgan fingerprint density at radius 2 is 1.90 bits per heavy atom. The number of aliphatic carboxylic acids is 1. The van der Waals surface area contributed by atoms with Crippen molar-refractivity contribution >= 4 is 11.9 Å². The molecule has 2 atom stereocenters. The van der Waals surface area contributed by atoms with Gasteiger partial charge in [0.25, 0.3) is 0 Å². The lowest BCUT2D eigenvalue weighted by atomic mass is 9.84. The summed E-state index contributed by atoms with van der Waals surface area (Å²) in [6, 6.07) is 9.27. The third-order valence-electron chi connectivity index (χ3n) is 4.32. The van der Waals surface area contributed by atoms with Crippen molar-refractivity contribution in [3.63, 3.8) is 0 Å². The van der Waals surface area contributed by atoms with Gasteiger partial charge in [-0.2, -0.15) is 0 Å². The zero-order valence-electron chi connectivity index (χ0n) is 11.4. The van der Waals surface area contributed by atoms with E-state index in [4.69, 9.17) is 0 Å². The second kappa shape index (κ2) is 5.27. The lowest BCUT2D eigenvalue weighted by molar-refractivity contribution is -0.152. The van der Waals surface area contributed by atoms with E-state index in [1.807, 2.05) is 35.2 Å². The van der Waals surface area contributed by atoms with Crippen LogP contribution in [0.4, 0.5) is 0 Å². The van der Waals surface area contributed by atoms with Crippen LogP contribution in [0.25, 0.3) is 0 Å². The molecule has 1 amide bonds. The highest BCUT2D eigenvalue weighted by atomic mass is 16.4. The number of likely N-dealkylation sites (tertiary alicyclic amines) is 1. The van der Waals surface area contributed by atoms with Gasteiger partial charge >= 0.3 is 5.97 Å². The molecule has 0 aromatic heterocycles. The normalized spacial score (nSPS) is 26.6. The SMILES string of the molecule is O=C(O)[C@@H]1CCC(=O)N(CC2CC2)[C@H]1c1ccccc1. The summed E-state index contributed by atoms with van der Waals surface area (Å²) in [5, 5.41) is 9.49. The van der Waals surface area contributed by atoms with Crippen molar-refractivity contribution in [3.05, 3.63) is 35.9 Å². The van der Waals surface area contributed by atoms with Gasteiger partial charge in [-0.25, -0.2) is 0 Å². The quantitative estimate of drug-likeness (QED) is 0.916. The molecule has 1 saturated carbocycles. The second-order valence-corrected chi connectivity index (χ2v) is 5.83. The number of nitrogens with zero attached hydrogens (tertiary/aromatic N) is 1. The molecule has 1 aromatic rings. The summed E-state index contributed by atoms with van der Waals surface area (Å²) in [6.07, 6.45) is 3.11. The van der Waals surface area contributed by atoms with Crippen LogP contribution in [0.2, 0.25) is 0 Å². The van der Waals surface area contributed by atoms with E-state index in [-0.39, 0.29) is 11.9 Å². The minimum absolute atomic E-state index is 0.100. The maximum absolute atomic E-state index is 12.2. The lowest BCUT2D eigenvalue weighted by Gasteiger charge is -2.40. The van der Waals surface area contributed by atoms with Gasteiger partial charge in [0.2, 0.25) is 5.91 Å². The average molecular weight is 273 g/mol. The highest BCUT2D eigenvalue weighted by Crippen LogP contribution is 2.40. The van der Waals surface area contributed by atoms with Crippen LogP contribution in [0.15, 0.2) is 30.3 Å². The number of rotatable bonds is 4. The van der Waals surface area contributed by atoms with Gasteiger partial charge in [-0.15, -0.1) is 0 Å². The van der Waals surface area contributed by atoms with Gasteiger partial charge in [0, 0.05) is 13.0 Å². The number of piperidine rings is 1. The zero-order chi connectivity index (χ0) is 14.1. The Morgan fingerprint density at radius 3 is 2.50 bits per heavy atom. The van der Waals surface area contributed by atoms with Crippen molar-refractivity contribution in [2.24, 2.45) is 11.8 Å². The van der Waals surface area contributed by atoms with Crippen molar-refractivity contribution in [2.45, 2.75) is 31.7 Å². The van der Waals surface area contributed by atoms with Crippen LogP contribution in [0.1, 0.15) is 37.3 Å². The van der Waals surface area contributed by atoms with E-state index in [0.29, 0.717) is 25.3 Å². The molecule has 106 valence electrons. The first kappa shape index (κ1) is 13.2. The Kier molecular flexibility index (Phi) is 3.47. The molecule has 2 fully saturated rings. The van der Waals surface area contributed by atoms with Gasteiger partial charge in [0.1, 0.15) is 0 Å². The predicted octanol–water partition coefficient (Wildman–Crippen LogP) is 2.46. The van der Waals surface area contributed by atoms with Gasteiger partial charge in [-0.3, -0.25) is 9.59 Å². The van der Waals surface area contributed by atoms with Crippen LogP contribution in [-0.4, -0.2) is 28.4 Å². The molecular weight excluding hydrogens is 254 g/mol. The van der Waals surface area contributed by atoms with E-state index in [1.54, 1.807) is 0 Å². The summed E-state index contributed by atoms with van der Waals surface area (Å²) in [6.45, 7) is 0.710. The fraction of sp³-hybridized carbons (Fsp3) is 0.500. The Bertz CT molecular complexity index is 510. The van der Waals surface area contributed by atoms with E-state index in [9.17, 15) is 14.7 Å². The highest BCUT2D eigenvalue weighted by Gasteiger charge is 2.42. The average Bonchev–Trinajstić information content (AvgIpc) is 3.25. The number of carbonyl (C=O) groups excluding carboxylic acids is 1. The smallest absolute Gasteiger partial charge is 0.308 e. The van der Waals surface area contributed by atoms with E-state index >= 15 is 0 Å². The molecule has 4 nitrogen and oxygen atoms in total. The summed E-state index contributed by atoms with van der Waals surface area (Å²) in [7, 11) is 0. The third-order valence-corrected chi connectivity index (χ3v) is 4.32. The van der Waals surface area contributed by atoms with E-state index in [2.05, 4.69) is 0 Å². The van der Waals surface area contributed by atoms with Crippen LogP contribution >= 0.6 is 0 Å². The number of carboxylic acids is 1. The molecule has 2 aliphatic rings. The predicted molar refractivity (Wildman–Crippen MR) is 74.0 cm³/mol. The molecule has 1 N–H and O–H groups in total. The summed E-state index contributed by atoms with van der Waals surface area (Å²) < 4.78 is 0. The number of benzene rings is 1. The van der Waals surface area contributed by atoms with E-state index < -0.39 is 11.9 Å². The highest BCUT2D eigenvalue weighted by molar-refractivity contribution is 5.81. The number of amides is 1. The summed E-state index contributed by atoms with van der Waals surface area (Å²) >= 11 is 0. The molecule has 3 rings (SSSR count).